The van der Waals surface area contributed by atoms with Crippen LogP contribution in [0.1, 0.15) is 194 Å². The molecule has 0 aromatic carbocycles. The minimum atomic E-state index is -1.58. The van der Waals surface area contributed by atoms with E-state index >= 15 is 0 Å². The standard InChI is InChI=1S/C48H87NO8/c1-3-5-7-9-11-13-15-17-18-19-20-21-22-23-24-26-27-29-31-33-35-37-42(51)41(40-56-48-47(55)46(54)45(53)43(39-50)57-48)49-44(52)38-36-34-32-30-28-25-16-14-12-10-8-6-4-2/h22-23,25,27-29,35,37,41-43,45-48,50-51,53-55H,3-21,24,26,30-34,36,38-40H2,1-2H3,(H,49,52)/b23-22+,28-25-,29-27+,37-35+. The summed E-state index contributed by atoms with van der Waals surface area (Å²) in [6.45, 7) is 3.72. The summed E-state index contributed by atoms with van der Waals surface area (Å²) in [6, 6.07) is -0.835. The maximum absolute atomic E-state index is 12.9. The van der Waals surface area contributed by atoms with Gasteiger partial charge in [0.05, 0.1) is 25.4 Å². The second-order valence-electron chi connectivity index (χ2n) is 16.2. The zero-order valence-electron chi connectivity index (χ0n) is 36.3. The molecule has 1 saturated heterocycles. The molecule has 0 radical (unpaired) electrons. The summed E-state index contributed by atoms with van der Waals surface area (Å²) in [7, 11) is 0. The lowest BCUT2D eigenvalue weighted by Crippen LogP contribution is -2.60. The van der Waals surface area contributed by atoms with Crippen LogP contribution < -0.4 is 5.32 Å². The Bertz CT molecular complexity index is 1030. The molecule has 0 saturated carbocycles. The van der Waals surface area contributed by atoms with Gasteiger partial charge in [0, 0.05) is 6.42 Å². The number of rotatable bonds is 38. The average molecular weight is 806 g/mol. The van der Waals surface area contributed by atoms with E-state index in [9.17, 15) is 30.3 Å². The molecule has 1 amide bonds. The summed E-state index contributed by atoms with van der Waals surface area (Å²) >= 11 is 0. The number of carbonyl (C=O) groups excluding carboxylic acids is 1. The number of allylic oxidation sites excluding steroid dienone is 7. The topological polar surface area (TPSA) is 149 Å². The number of aliphatic hydroxyl groups excluding tert-OH is 5. The zero-order chi connectivity index (χ0) is 41.6. The van der Waals surface area contributed by atoms with Crippen LogP contribution in [-0.2, 0) is 14.3 Å². The summed E-state index contributed by atoms with van der Waals surface area (Å²) in [5.74, 6) is -0.209. The predicted octanol–water partition coefficient (Wildman–Crippen LogP) is 9.84. The molecule has 7 unspecified atom stereocenters. The smallest absolute Gasteiger partial charge is 0.220 e. The van der Waals surface area contributed by atoms with E-state index in [1.54, 1.807) is 6.08 Å². The fourth-order valence-electron chi connectivity index (χ4n) is 7.06. The van der Waals surface area contributed by atoms with Gasteiger partial charge in [-0.15, -0.1) is 0 Å². The molecule has 0 spiro atoms. The molecule has 1 fully saturated rings. The van der Waals surface area contributed by atoms with Gasteiger partial charge in [0.25, 0.3) is 0 Å². The van der Waals surface area contributed by atoms with Crippen LogP contribution in [0.5, 0.6) is 0 Å². The third kappa shape index (κ3) is 29.1. The number of carbonyl (C=O) groups is 1. The van der Waals surface area contributed by atoms with E-state index in [1.807, 2.05) is 6.08 Å². The summed E-state index contributed by atoms with van der Waals surface area (Å²) in [5.41, 5.74) is 0. The van der Waals surface area contributed by atoms with Crippen molar-refractivity contribution < 1.29 is 39.8 Å². The molecule has 0 aliphatic carbocycles. The van der Waals surface area contributed by atoms with Gasteiger partial charge in [-0.2, -0.15) is 0 Å². The number of nitrogens with one attached hydrogen (secondary N) is 1. The predicted molar refractivity (Wildman–Crippen MR) is 235 cm³/mol. The molecule has 0 bridgehead atoms. The van der Waals surface area contributed by atoms with E-state index in [4.69, 9.17) is 9.47 Å². The Hall–Kier alpha value is -1.85. The molecule has 0 aromatic rings. The zero-order valence-corrected chi connectivity index (χ0v) is 36.3. The molecular formula is C48H87NO8. The van der Waals surface area contributed by atoms with Crippen molar-refractivity contribution in [1.29, 1.82) is 0 Å². The number of amides is 1. The van der Waals surface area contributed by atoms with Gasteiger partial charge in [-0.3, -0.25) is 4.79 Å². The highest BCUT2D eigenvalue weighted by Crippen LogP contribution is 2.22. The minimum absolute atomic E-state index is 0.209. The maximum Gasteiger partial charge on any atom is 0.220 e. The van der Waals surface area contributed by atoms with Crippen molar-refractivity contribution in [3.63, 3.8) is 0 Å². The minimum Gasteiger partial charge on any atom is -0.394 e. The number of hydrogen-bond acceptors (Lipinski definition) is 8. The fourth-order valence-corrected chi connectivity index (χ4v) is 7.06. The SMILES string of the molecule is CCCCCCCC/C=C\CCCCCC(=O)NC(COC1OC(CO)C(O)C(O)C1O)C(O)/C=C/CC/C=C/CC/C=C/CCCCCCCCCCCCC. The fraction of sp³-hybridized carbons (Fsp3) is 0.812. The third-order valence-electron chi connectivity index (χ3n) is 10.9. The van der Waals surface area contributed by atoms with Gasteiger partial charge in [-0.05, 0) is 70.6 Å². The van der Waals surface area contributed by atoms with E-state index in [0.29, 0.717) is 6.42 Å². The van der Waals surface area contributed by atoms with Gasteiger partial charge >= 0.3 is 0 Å². The highest BCUT2D eigenvalue weighted by molar-refractivity contribution is 5.76. The van der Waals surface area contributed by atoms with Crippen LogP contribution in [0.2, 0.25) is 0 Å². The molecule has 57 heavy (non-hydrogen) atoms. The van der Waals surface area contributed by atoms with Gasteiger partial charge < -0.3 is 40.3 Å². The van der Waals surface area contributed by atoms with Crippen molar-refractivity contribution in [2.24, 2.45) is 0 Å². The number of unbranched alkanes of at least 4 members (excludes halogenated alkanes) is 22. The Labute approximate surface area is 348 Å². The Kier molecular flexibility index (Phi) is 35.8. The third-order valence-corrected chi connectivity index (χ3v) is 10.9. The van der Waals surface area contributed by atoms with Crippen molar-refractivity contribution >= 4 is 5.91 Å². The van der Waals surface area contributed by atoms with Crippen LogP contribution in [0.25, 0.3) is 0 Å². The average Bonchev–Trinajstić information content (AvgIpc) is 3.21. The first kappa shape index (κ1) is 53.2. The molecule has 9 heteroatoms. The van der Waals surface area contributed by atoms with Crippen LogP contribution in [0.4, 0.5) is 0 Å². The molecule has 1 rings (SSSR count). The highest BCUT2D eigenvalue weighted by Gasteiger charge is 2.44. The first-order chi connectivity index (χ1) is 27.8. The second-order valence-corrected chi connectivity index (χ2v) is 16.2. The second kappa shape index (κ2) is 38.4. The van der Waals surface area contributed by atoms with E-state index in [0.717, 1.165) is 57.8 Å². The summed E-state index contributed by atoms with van der Waals surface area (Å²) in [5, 5.41) is 54.1. The first-order valence-electron chi connectivity index (χ1n) is 23.4. The Morgan fingerprint density at radius 2 is 1.00 bits per heavy atom. The molecule has 1 heterocycles. The van der Waals surface area contributed by atoms with Crippen molar-refractivity contribution in [3.05, 3.63) is 48.6 Å². The highest BCUT2D eigenvalue weighted by atomic mass is 16.7. The van der Waals surface area contributed by atoms with Gasteiger partial charge in [0.1, 0.15) is 24.4 Å². The monoisotopic (exact) mass is 806 g/mol. The van der Waals surface area contributed by atoms with Gasteiger partial charge in [-0.1, -0.05) is 165 Å². The van der Waals surface area contributed by atoms with E-state index in [1.165, 1.54) is 116 Å². The summed E-state index contributed by atoms with van der Waals surface area (Å²) < 4.78 is 11.2. The summed E-state index contributed by atoms with van der Waals surface area (Å²) in [6.07, 6.45) is 41.6. The lowest BCUT2D eigenvalue weighted by Gasteiger charge is -2.40. The van der Waals surface area contributed by atoms with Gasteiger partial charge in [-0.25, -0.2) is 0 Å². The number of hydrogen-bond donors (Lipinski definition) is 6. The van der Waals surface area contributed by atoms with Crippen molar-refractivity contribution in [3.8, 4) is 0 Å². The van der Waals surface area contributed by atoms with E-state index in [2.05, 4.69) is 55.6 Å². The Morgan fingerprint density at radius 3 is 1.47 bits per heavy atom. The Balaban J connectivity index is 2.39. The largest absolute Gasteiger partial charge is 0.394 e. The molecule has 6 N–H and O–H groups in total. The van der Waals surface area contributed by atoms with Gasteiger partial charge in [0.2, 0.25) is 5.91 Å². The van der Waals surface area contributed by atoms with Crippen LogP contribution in [0.3, 0.4) is 0 Å². The lowest BCUT2D eigenvalue weighted by molar-refractivity contribution is -0.302. The van der Waals surface area contributed by atoms with E-state index in [-0.39, 0.29) is 12.5 Å². The van der Waals surface area contributed by atoms with Crippen LogP contribution >= 0.6 is 0 Å². The molecule has 7 atom stereocenters. The Morgan fingerprint density at radius 1 is 0.579 bits per heavy atom. The molecule has 1 aliphatic rings. The van der Waals surface area contributed by atoms with Crippen LogP contribution in [0.15, 0.2) is 48.6 Å². The van der Waals surface area contributed by atoms with E-state index < -0.39 is 49.5 Å². The lowest BCUT2D eigenvalue weighted by atomic mass is 9.99. The van der Waals surface area contributed by atoms with Crippen LogP contribution in [-0.4, -0.2) is 87.5 Å². The normalized spacial score (nSPS) is 21.4. The van der Waals surface area contributed by atoms with Crippen molar-refractivity contribution in [2.45, 2.75) is 236 Å². The molecule has 9 nitrogen and oxygen atoms in total. The van der Waals surface area contributed by atoms with Crippen molar-refractivity contribution in [1.82, 2.24) is 5.32 Å². The molecule has 332 valence electrons. The van der Waals surface area contributed by atoms with Gasteiger partial charge in [0.15, 0.2) is 6.29 Å². The molecule has 0 aromatic heterocycles. The molecule has 1 aliphatic heterocycles. The molecular weight excluding hydrogens is 719 g/mol. The maximum atomic E-state index is 12.9. The number of ether oxygens (including phenoxy) is 2. The number of aliphatic hydroxyl groups is 5. The summed E-state index contributed by atoms with van der Waals surface area (Å²) in [4.78, 5) is 12.9. The van der Waals surface area contributed by atoms with Crippen molar-refractivity contribution in [2.75, 3.05) is 13.2 Å². The first-order valence-corrected chi connectivity index (χ1v) is 23.4. The quantitative estimate of drug-likeness (QED) is 0.0267. The van der Waals surface area contributed by atoms with Crippen LogP contribution in [0, 0.1) is 0 Å².